The van der Waals surface area contributed by atoms with Crippen molar-refractivity contribution >= 4 is 34.1 Å². The summed E-state index contributed by atoms with van der Waals surface area (Å²) in [6.45, 7) is 10.9. The monoisotopic (exact) mass is 512 g/mol. The Morgan fingerprint density at radius 3 is 2.47 bits per heavy atom. The summed E-state index contributed by atoms with van der Waals surface area (Å²) in [6.07, 6.45) is 3.32. The first-order chi connectivity index (χ1) is 18.2. The number of carbonyl (C=O) groups is 1. The van der Waals surface area contributed by atoms with Crippen LogP contribution in [0.4, 0.5) is 17.3 Å². The number of aryl methyl sites for hydroxylation is 1. The minimum Gasteiger partial charge on any atom is -0.457 e. The lowest BCUT2D eigenvalue weighted by molar-refractivity contribution is 0.0919. The molecular weight excluding hydrogens is 480 g/mol. The fourth-order valence-electron chi connectivity index (χ4n) is 4.21. The van der Waals surface area contributed by atoms with E-state index in [2.05, 4.69) is 30.5 Å². The number of hydrogen-bond donors (Lipinski definition) is 2. The number of aromatic nitrogens is 3. The fraction of sp³-hybridized carbons (Fsp3) is 0.310. The molecule has 0 atom stereocenters. The van der Waals surface area contributed by atoms with Gasteiger partial charge < -0.3 is 25.0 Å². The van der Waals surface area contributed by atoms with Gasteiger partial charge in [0, 0.05) is 35.3 Å². The van der Waals surface area contributed by atoms with Gasteiger partial charge in [-0.3, -0.25) is 4.79 Å². The van der Waals surface area contributed by atoms with Crippen LogP contribution in [0.2, 0.25) is 0 Å². The molecular formula is C29H32N6O3. The van der Waals surface area contributed by atoms with Gasteiger partial charge in [-0.05, 0) is 81.8 Å². The maximum absolute atomic E-state index is 12.4. The number of amides is 1. The molecule has 1 aliphatic rings. The number of pyridine rings is 1. The van der Waals surface area contributed by atoms with Crippen molar-refractivity contribution < 1.29 is 14.3 Å². The second kappa shape index (κ2) is 10.6. The van der Waals surface area contributed by atoms with Crippen LogP contribution in [0.15, 0.2) is 61.1 Å². The van der Waals surface area contributed by atoms with E-state index >= 15 is 0 Å². The van der Waals surface area contributed by atoms with E-state index in [9.17, 15) is 4.79 Å². The van der Waals surface area contributed by atoms with Crippen molar-refractivity contribution in [3.05, 3.63) is 72.2 Å². The van der Waals surface area contributed by atoms with E-state index in [1.807, 2.05) is 52.0 Å². The van der Waals surface area contributed by atoms with Crippen LogP contribution in [0.5, 0.6) is 11.5 Å². The Balaban J connectivity index is 1.31. The number of nitrogens with one attached hydrogen (secondary N) is 2. The van der Waals surface area contributed by atoms with Crippen molar-refractivity contribution in [2.45, 2.75) is 33.2 Å². The number of nitrogens with zero attached hydrogens (tertiary/aromatic N) is 4. The second-order valence-corrected chi connectivity index (χ2v) is 10.3. The Bertz CT molecular complexity index is 1440. The molecule has 2 aromatic heterocycles. The SMILES string of the molecule is Cc1cc(Nc2ncnc3cnc(N4CCOCC4)cc23)ccc1Oc1ccc(C(=O)NC(C)(C)C)cc1. The zero-order chi connectivity index (χ0) is 26.7. The average Bonchev–Trinajstić information content (AvgIpc) is 2.90. The summed E-state index contributed by atoms with van der Waals surface area (Å²) >= 11 is 0. The Kier molecular flexibility index (Phi) is 7.11. The van der Waals surface area contributed by atoms with E-state index in [-0.39, 0.29) is 11.4 Å². The molecule has 0 bridgehead atoms. The molecule has 1 saturated heterocycles. The quantitative estimate of drug-likeness (QED) is 0.362. The van der Waals surface area contributed by atoms with Crippen LogP contribution in [0.1, 0.15) is 36.7 Å². The van der Waals surface area contributed by atoms with Gasteiger partial charge in [-0.25, -0.2) is 15.0 Å². The highest BCUT2D eigenvalue weighted by Gasteiger charge is 2.16. The van der Waals surface area contributed by atoms with Gasteiger partial charge in [0.15, 0.2) is 0 Å². The van der Waals surface area contributed by atoms with Crippen LogP contribution in [-0.2, 0) is 4.74 Å². The molecule has 1 fully saturated rings. The standard InChI is InChI=1S/C29H32N6O3/c1-19-15-21(7-10-25(19)38-22-8-5-20(6-9-22)28(36)34-29(2,3)4)33-27-23-16-26(35-11-13-37-14-12-35)30-17-24(23)31-18-32-27/h5-10,15-18H,11-14H2,1-4H3,(H,34,36)(H,31,32,33). The molecule has 4 aromatic rings. The normalized spacial score (nSPS) is 13.8. The molecule has 38 heavy (non-hydrogen) atoms. The van der Waals surface area contributed by atoms with Gasteiger partial charge in [-0.1, -0.05) is 0 Å². The van der Waals surface area contributed by atoms with Gasteiger partial charge in [-0.15, -0.1) is 0 Å². The van der Waals surface area contributed by atoms with Crippen molar-refractivity contribution in [1.29, 1.82) is 0 Å². The summed E-state index contributed by atoms with van der Waals surface area (Å²) in [5.41, 5.74) is 2.91. The van der Waals surface area contributed by atoms with Crippen molar-refractivity contribution in [2.24, 2.45) is 0 Å². The Labute approximate surface area is 222 Å². The third-order valence-electron chi connectivity index (χ3n) is 6.11. The molecule has 0 radical (unpaired) electrons. The Morgan fingerprint density at radius 2 is 1.76 bits per heavy atom. The number of rotatable bonds is 6. The molecule has 2 aromatic carbocycles. The van der Waals surface area contributed by atoms with Gasteiger partial charge in [0.25, 0.3) is 5.91 Å². The molecule has 2 N–H and O–H groups in total. The topological polar surface area (TPSA) is 102 Å². The zero-order valence-corrected chi connectivity index (χ0v) is 22.1. The van der Waals surface area contributed by atoms with E-state index < -0.39 is 0 Å². The number of benzene rings is 2. The van der Waals surface area contributed by atoms with Gasteiger partial charge in [0.2, 0.25) is 0 Å². The first-order valence-corrected chi connectivity index (χ1v) is 12.7. The molecule has 0 spiro atoms. The number of ether oxygens (including phenoxy) is 2. The van der Waals surface area contributed by atoms with Gasteiger partial charge >= 0.3 is 0 Å². The third kappa shape index (κ3) is 6.00. The maximum atomic E-state index is 12.4. The van der Waals surface area contributed by atoms with Crippen molar-refractivity contribution in [3.8, 4) is 11.5 Å². The molecule has 1 amide bonds. The van der Waals surface area contributed by atoms with E-state index in [0.29, 0.717) is 30.3 Å². The van der Waals surface area contributed by atoms with Crippen molar-refractivity contribution in [3.63, 3.8) is 0 Å². The lowest BCUT2D eigenvalue weighted by Gasteiger charge is -2.27. The summed E-state index contributed by atoms with van der Waals surface area (Å²) in [6, 6.07) is 15.0. The molecule has 5 rings (SSSR count). The van der Waals surface area contributed by atoms with E-state index in [1.54, 1.807) is 30.5 Å². The van der Waals surface area contributed by atoms with Crippen LogP contribution in [0, 0.1) is 6.92 Å². The van der Waals surface area contributed by atoms with Crippen LogP contribution in [0.25, 0.3) is 10.9 Å². The second-order valence-electron chi connectivity index (χ2n) is 10.3. The smallest absolute Gasteiger partial charge is 0.251 e. The maximum Gasteiger partial charge on any atom is 0.251 e. The summed E-state index contributed by atoms with van der Waals surface area (Å²) < 4.78 is 11.6. The zero-order valence-electron chi connectivity index (χ0n) is 22.1. The molecule has 0 unspecified atom stereocenters. The van der Waals surface area contributed by atoms with Gasteiger partial charge in [0.1, 0.15) is 29.5 Å². The number of fused-ring (bicyclic) bond motifs is 1. The molecule has 1 aliphatic heterocycles. The predicted molar refractivity (Wildman–Crippen MR) is 149 cm³/mol. The highest BCUT2D eigenvalue weighted by molar-refractivity contribution is 5.94. The first-order valence-electron chi connectivity index (χ1n) is 12.7. The van der Waals surface area contributed by atoms with Crippen molar-refractivity contribution in [1.82, 2.24) is 20.3 Å². The average molecular weight is 513 g/mol. The summed E-state index contributed by atoms with van der Waals surface area (Å²) in [4.78, 5) is 28.0. The highest BCUT2D eigenvalue weighted by Crippen LogP contribution is 2.31. The lowest BCUT2D eigenvalue weighted by atomic mass is 10.1. The molecule has 196 valence electrons. The number of hydrogen-bond acceptors (Lipinski definition) is 8. The fourth-order valence-corrected chi connectivity index (χ4v) is 4.21. The van der Waals surface area contributed by atoms with Gasteiger partial charge in [-0.2, -0.15) is 0 Å². The van der Waals surface area contributed by atoms with E-state index in [4.69, 9.17) is 9.47 Å². The largest absolute Gasteiger partial charge is 0.457 e. The minimum absolute atomic E-state index is 0.110. The lowest BCUT2D eigenvalue weighted by Crippen LogP contribution is -2.40. The molecule has 0 saturated carbocycles. The number of anilines is 3. The minimum atomic E-state index is -0.293. The number of carbonyl (C=O) groups excluding carboxylic acids is 1. The van der Waals surface area contributed by atoms with Crippen LogP contribution < -0.4 is 20.3 Å². The Hall–Kier alpha value is -4.24. The van der Waals surface area contributed by atoms with E-state index in [0.717, 1.165) is 46.8 Å². The van der Waals surface area contributed by atoms with Crippen molar-refractivity contribution in [2.75, 3.05) is 36.5 Å². The summed E-state index contributed by atoms with van der Waals surface area (Å²) in [5.74, 6) is 2.88. The van der Waals surface area contributed by atoms with Gasteiger partial charge in [0.05, 0.1) is 24.9 Å². The van der Waals surface area contributed by atoms with Crippen LogP contribution in [0.3, 0.4) is 0 Å². The molecule has 0 aliphatic carbocycles. The third-order valence-corrected chi connectivity index (χ3v) is 6.11. The summed E-state index contributed by atoms with van der Waals surface area (Å²) in [7, 11) is 0. The van der Waals surface area contributed by atoms with Crippen LogP contribution in [-0.4, -0.2) is 52.7 Å². The highest BCUT2D eigenvalue weighted by atomic mass is 16.5. The van der Waals surface area contributed by atoms with Crippen LogP contribution >= 0.6 is 0 Å². The summed E-state index contributed by atoms with van der Waals surface area (Å²) in [5, 5.41) is 7.29. The molecule has 9 nitrogen and oxygen atoms in total. The molecule has 3 heterocycles. The number of morpholine rings is 1. The molecule has 9 heteroatoms. The predicted octanol–water partition coefficient (Wildman–Crippen LogP) is 5.23. The Morgan fingerprint density at radius 1 is 1.00 bits per heavy atom. The van der Waals surface area contributed by atoms with E-state index in [1.165, 1.54) is 6.33 Å². The first kappa shape index (κ1) is 25.4.